The number of anilines is 1. The standard InChI is InChI=1S/C9H11Cl2N3/c1-6-5-9(14-7(2)13-6)12-4-3-8(10)11/h3,5H,4H2,1-2H3,(H,12,13,14). The quantitative estimate of drug-likeness (QED) is 0.870. The van der Waals surface area contributed by atoms with Gasteiger partial charge < -0.3 is 5.32 Å². The normalized spacial score (nSPS) is 9.71. The first-order valence-electron chi connectivity index (χ1n) is 4.15. The maximum Gasteiger partial charge on any atom is 0.130 e. The molecule has 3 nitrogen and oxygen atoms in total. The van der Waals surface area contributed by atoms with Gasteiger partial charge in [0.1, 0.15) is 16.1 Å². The summed E-state index contributed by atoms with van der Waals surface area (Å²) >= 11 is 10.9. The number of hydrogen-bond donors (Lipinski definition) is 1. The molecule has 1 heterocycles. The van der Waals surface area contributed by atoms with Gasteiger partial charge in [-0.05, 0) is 19.9 Å². The summed E-state index contributed by atoms with van der Waals surface area (Å²) < 4.78 is 0.250. The van der Waals surface area contributed by atoms with E-state index >= 15 is 0 Å². The maximum atomic E-state index is 5.46. The third kappa shape index (κ3) is 3.94. The zero-order chi connectivity index (χ0) is 10.6. The van der Waals surface area contributed by atoms with Crippen LogP contribution in [0.2, 0.25) is 0 Å². The first kappa shape index (κ1) is 11.3. The van der Waals surface area contributed by atoms with Crippen molar-refractivity contribution in [3.05, 3.63) is 28.2 Å². The average molecular weight is 232 g/mol. The molecule has 0 saturated heterocycles. The number of nitrogens with one attached hydrogen (secondary N) is 1. The molecule has 0 aromatic carbocycles. The Hall–Kier alpha value is -0.800. The fourth-order valence-electron chi connectivity index (χ4n) is 1.04. The van der Waals surface area contributed by atoms with E-state index in [1.54, 1.807) is 6.08 Å². The van der Waals surface area contributed by atoms with Gasteiger partial charge in [-0.1, -0.05) is 23.2 Å². The summed E-state index contributed by atoms with van der Waals surface area (Å²) in [6, 6.07) is 1.86. The minimum Gasteiger partial charge on any atom is -0.366 e. The van der Waals surface area contributed by atoms with Gasteiger partial charge >= 0.3 is 0 Å². The van der Waals surface area contributed by atoms with Crippen LogP contribution in [-0.4, -0.2) is 16.5 Å². The average Bonchev–Trinajstić information content (AvgIpc) is 2.01. The van der Waals surface area contributed by atoms with Crippen LogP contribution in [0, 0.1) is 13.8 Å². The minimum atomic E-state index is 0.250. The van der Waals surface area contributed by atoms with E-state index < -0.39 is 0 Å². The van der Waals surface area contributed by atoms with Gasteiger partial charge in [0.05, 0.1) is 0 Å². The molecule has 14 heavy (non-hydrogen) atoms. The molecule has 0 unspecified atom stereocenters. The molecule has 5 heteroatoms. The van der Waals surface area contributed by atoms with Crippen molar-refractivity contribution in [2.24, 2.45) is 0 Å². The Labute approximate surface area is 93.2 Å². The molecular weight excluding hydrogens is 221 g/mol. The third-order valence-electron chi connectivity index (χ3n) is 1.51. The summed E-state index contributed by atoms with van der Waals surface area (Å²) in [6.45, 7) is 4.32. The first-order chi connectivity index (χ1) is 6.58. The molecule has 1 aromatic rings. The summed E-state index contributed by atoms with van der Waals surface area (Å²) in [6.07, 6.45) is 1.66. The fraction of sp³-hybridized carbons (Fsp3) is 0.333. The molecule has 0 spiro atoms. The van der Waals surface area contributed by atoms with E-state index in [1.807, 2.05) is 19.9 Å². The second kappa shape index (κ2) is 5.17. The smallest absolute Gasteiger partial charge is 0.130 e. The number of aryl methyl sites for hydroxylation is 2. The summed E-state index contributed by atoms with van der Waals surface area (Å²) in [5.74, 6) is 1.52. The lowest BCUT2D eigenvalue weighted by molar-refractivity contribution is 1.01. The van der Waals surface area contributed by atoms with Crippen LogP contribution < -0.4 is 5.32 Å². The number of halogens is 2. The highest BCUT2D eigenvalue weighted by Crippen LogP contribution is 2.08. The van der Waals surface area contributed by atoms with Crippen molar-refractivity contribution >= 4 is 29.0 Å². The van der Waals surface area contributed by atoms with Crippen molar-refractivity contribution in [2.75, 3.05) is 11.9 Å². The molecule has 0 saturated carbocycles. The van der Waals surface area contributed by atoms with Gasteiger partial charge in [0.15, 0.2) is 0 Å². The van der Waals surface area contributed by atoms with E-state index in [0.29, 0.717) is 6.54 Å². The van der Waals surface area contributed by atoms with E-state index in [4.69, 9.17) is 23.2 Å². The van der Waals surface area contributed by atoms with Crippen molar-refractivity contribution in [3.63, 3.8) is 0 Å². The molecular formula is C9H11Cl2N3. The van der Waals surface area contributed by atoms with Gasteiger partial charge in [-0.15, -0.1) is 0 Å². The molecule has 1 N–H and O–H groups in total. The molecule has 1 rings (SSSR count). The van der Waals surface area contributed by atoms with Crippen LogP contribution >= 0.6 is 23.2 Å². The molecule has 76 valence electrons. The van der Waals surface area contributed by atoms with Crippen LogP contribution in [0.1, 0.15) is 11.5 Å². The van der Waals surface area contributed by atoms with Crippen LogP contribution in [-0.2, 0) is 0 Å². The monoisotopic (exact) mass is 231 g/mol. The largest absolute Gasteiger partial charge is 0.366 e. The molecule has 0 radical (unpaired) electrons. The molecule has 0 atom stereocenters. The maximum absolute atomic E-state index is 5.46. The zero-order valence-electron chi connectivity index (χ0n) is 8.01. The molecule has 0 amide bonds. The molecule has 1 aromatic heterocycles. The van der Waals surface area contributed by atoms with Crippen LogP contribution in [0.4, 0.5) is 5.82 Å². The summed E-state index contributed by atoms with van der Waals surface area (Å²) in [5, 5.41) is 3.06. The predicted molar refractivity (Wildman–Crippen MR) is 59.8 cm³/mol. The van der Waals surface area contributed by atoms with E-state index in [9.17, 15) is 0 Å². The second-order valence-corrected chi connectivity index (χ2v) is 3.82. The Bertz CT molecular complexity index is 326. The van der Waals surface area contributed by atoms with Crippen molar-refractivity contribution in [3.8, 4) is 0 Å². The summed E-state index contributed by atoms with van der Waals surface area (Å²) in [4.78, 5) is 8.35. The van der Waals surface area contributed by atoms with Crippen LogP contribution in [0.15, 0.2) is 16.6 Å². The summed E-state index contributed by atoms with van der Waals surface area (Å²) in [5.41, 5.74) is 0.931. The Morgan fingerprint density at radius 1 is 1.43 bits per heavy atom. The van der Waals surface area contributed by atoms with E-state index in [-0.39, 0.29) is 4.49 Å². The Kier molecular flexibility index (Phi) is 4.17. The van der Waals surface area contributed by atoms with Crippen LogP contribution in [0.3, 0.4) is 0 Å². The predicted octanol–water partition coefficient (Wildman–Crippen LogP) is 2.82. The third-order valence-corrected chi connectivity index (χ3v) is 1.81. The highest BCUT2D eigenvalue weighted by Gasteiger charge is 1.96. The second-order valence-electron chi connectivity index (χ2n) is 2.82. The first-order valence-corrected chi connectivity index (χ1v) is 4.91. The van der Waals surface area contributed by atoms with E-state index in [0.717, 1.165) is 17.3 Å². The van der Waals surface area contributed by atoms with Crippen molar-refractivity contribution < 1.29 is 0 Å². The van der Waals surface area contributed by atoms with Crippen molar-refractivity contribution in [2.45, 2.75) is 13.8 Å². The van der Waals surface area contributed by atoms with Gasteiger partial charge in [0, 0.05) is 18.3 Å². The molecule has 0 fully saturated rings. The van der Waals surface area contributed by atoms with Crippen molar-refractivity contribution in [1.29, 1.82) is 0 Å². The highest BCUT2D eigenvalue weighted by molar-refractivity contribution is 6.55. The van der Waals surface area contributed by atoms with Gasteiger partial charge in [0.2, 0.25) is 0 Å². The van der Waals surface area contributed by atoms with Gasteiger partial charge in [-0.2, -0.15) is 0 Å². The minimum absolute atomic E-state index is 0.250. The van der Waals surface area contributed by atoms with Gasteiger partial charge in [-0.25, -0.2) is 9.97 Å². The van der Waals surface area contributed by atoms with E-state index in [2.05, 4.69) is 15.3 Å². The van der Waals surface area contributed by atoms with Gasteiger partial charge in [-0.3, -0.25) is 0 Å². The van der Waals surface area contributed by atoms with Crippen molar-refractivity contribution in [1.82, 2.24) is 9.97 Å². The molecule has 0 bridgehead atoms. The molecule has 0 aliphatic carbocycles. The van der Waals surface area contributed by atoms with Crippen LogP contribution in [0.25, 0.3) is 0 Å². The van der Waals surface area contributed by atoms with Crippen LogP contribution in [0.5, 0.6) is 0 Å². The Morgan fingerprint density at radius 3 is 2.71 bits per heavy atom. The van der Waals surface area contributed by atoms with E-state index in [1.165, 1.54) is 0 Å². The zero-order valence-corrected chi connectivity index (χ0v) is 9.52. The number of rotatable bonds is 3. The summed E-state index contributed by atoms with van der Waals surface area (Å²) in [7, 11) is 0. The Balaban J connectivity index is 2.63. The lowest BCUT2D eigenvalue weighted by atomic mass is 10.4. The fourth-order valence-corrected chi connectivity index (χ4v) is 1.19. The topological polar surface area (TPSA) is 37.8 Å². The molecule has 0 aliphatic rings. The molecule has 0 aliphatic heterocycles. The Morgan fingerprint density at radius 2 is 2.14 bits per heavy atom. The number of nitrogens with zero attached hydrogens (tertiary/aromatic N) is 2. The van der Waals surface area contributed by atoms with Gasteiger partial charge in [0.25, 0.3) is 0 Å². The lowest BCUT2D eigenvalue weighted by Crippen LogP contribution is -2.03. The SMILES string of the molecule is Cc1cc(NCC=C(Cl)Cl)nc(C)n1. The number of aromatic nitrogens is 2. The lowest BCUT2D eigenvalue weighted by Gasteiger charge is -2.04. The highest BCUT2D eigenvalue weighted by atomic mass is 35.5. The number of hydrogen-bond acceptors (Lipinski definition) is 3.